The number of benzene rings is 1. The molecule has 0 aliphatic heterocycles. The average Bonchev–Trinajstić information content (AvgIpc) is 2.11. The molecule has 0 aromatic heterocycles. The van der Waals surface area contributed by atoms with Crippen molar-refractivity contribution in [1.82, 2.24) is 0 Å². The molecule has 82 valence electrons. The molecule has 1 rings (SSSR count). The van der Waals surface area contributed by atoms with Crippen molar-refractivity contribution in [2.24, 2.45) is 0 Å². The summed E-state index contributed by atoms with van der Waals surface area (Å²) in [5.74, 6) is 0.690. The standard InChI is InChI=1S/C13H19NO/c1-6-15-11-8-10(13(3,4)5)7-9(2)12(11)14/h6-8H,1,14H2,2-5H3. The minimum Gasteiger partial charge on any atom is -0.463 e. The fraction of sp³-hybridized carbons (Fsp3) is 0.385. The van der Waals surface area contributed by atoms with Crippen LogP contribution in [0.4, 0.5) is 5.69 Å². The van der Waals surface area contributed by atoms with E-state index in [1.54, 1.807) is 0 Å². The third kappa shape index (κ3) is 2.52. The van der Waals surface area contributed by atoms with Crippen molar-refractivity contribution in [3.63, 3.8) is 0 Å². The van der Waals surface area contributed by atoms with E-state index in [0.29, 0.717) is 11.4 Å². The average molecular weight is 205 g/mol. The van der Waals surface area contributed by atoms with E-state index in [9.17, 15) is 0 Å². The van der Waals surface area contributed by atoms with Gasteiger partial charge in [-0.05, 0) is 29.5 Å². The van der Waals surface area contributed by atoms with Crippen LogP contribution in [0.25, 0.3) is 0 Å². The molecular weight excluding hydrogens is 186 g/mol. The Balaban J connectivity index is 3.29. The Morgan fingerprint density at radius 2 is 1.93 bits per heavy atom. The first-order valence-electron chi connectivity index (χ1n) is 5.04. The minimum atomic E-state index is 0.0950. The zero-order chi connectivity index (χ0) is 11.6. The first kappa shape index (κ1) is 11.6. The Labute approximate surface area is 91.7 Å². The van der Waals surface area contributed by atoms with Crippen molar-refractivity contribution >= 4 is 5.69 Å². The van der Waals surface area contributed by atoms with Crippen LogP contribution in [0.1, 0.15) is 31.9 Å². The monoisotopic (exact) mass is 205 g/mol. The molecule has 2 heteroatoms. The van der Waals surface area contributed by atoms with E-state index >= 15 is 0 Å². The van der Waals surface area contributed by atoms with E-state index in [4.69, 9.17) is 10.5 Å². The molecule has 0 fully saturated rings. The lowest BCUT2D eigenvalue weighted by Gasteiger charge is -2.21. The third-order valence-electron chi connectivity index (χ3n) is 2.43. The summed E-state index contributed by atoms with van der Waals surface area (Å²) >= 11 is 0. The van der Waals surface area contributed by atoms with Gasteiger partial charge in [0.25, 0.3) is 0 Å². The first-order valence-corrected chi connectivity index (χ1v) is 5.04. The van der Waals surface area contributed by atoms with Crippen molar-refractivity contribution in [1.29, 1.82) is 0 Å². The van der Waals surface area contributed by atoms with E-state index in [2.05, 4.69) is 33.4 Å². The van der Waals surface area contributed by atoms with Crippen LogP contribution in [0.2, 0.25) is 0 Å². The highest BCUT2D eigenvalue weighted by Crippen LogP contribution is 2.32. The van der Waals surface area contributed by atoms with Gasteiger partial charge in [0, 0.05) is 0 Å². The molecule has 0 bridgehead atoms. The predicted molar refractivity (Wildman–Crippen MR) is 65.1 cm³/mol. The lowest BCUT2D eigenvalue weighted by atomic mass is 9.86. The summed E-state index contributed by atoms with van der Waals surface area (Å²) in [6.07, 6.45) is 1.40. The quantitative estimate of drug-likeness (QED) is 0.593. The van der Waals surface area contributed by atoms with Gasteiger partial charge in [-0.25, -0.2) is 0 Å². The van der Waals surface area contributed by atoms with E-state index in [-0.39, 0.29) is 5.41 Å². The number of rotatable bonds is 2. The van der Waals surface area contributed by atoms with Crippen LogP contribution in [0, 0.1) is 6.92 Å². The van der Waals surface area contributed by atoms with E-state index in [1.165, 1.54) is 11.8 Å². The minimum absolute atomic E-state index is 0.0950. The maximum Gasteiger partial charge on any atom is 0.149 e. The van der Waals surface area contributed by atoms with E-state index < -0.39 is 0 Å². The molecular formula is C13H19NO. The van der Waals surface area contributed by atoms with Crippen LogP contribution in [0.5, 0.6) is 5.75 Å². The molecule has 2 N–H and O–H groups in total. The van der Waals surface area contributed by atoms with Crippen molar-refractivity contribution < 1.29 is 4.74 Å². The topological polar surface area (TPSA) is 35.2 Å². The highest BCUT2D eigenvalue weighted by atomic mass is 16.5. The highest BCUT2D eigenvalue weighted by molar-refractivity contribution is 5.60. The number of nitrogens with two attached hydrogens (primary N) is 1. The fourth-order valence-electron chi connectivity index (χ4n) is 1.39. The molecule has 1 aromatic rings. The predicted octanol–water partition coefficient (Wildman–Crippen LogP) is 3.40. The van der Waals surface area contributed by atoms with Crippen molar-refractivity contribution in [2.75, 3.05) is 5.73 Å². The molecule has 0 radical (unpaired) electrons. The molecule has 0 heterocycles. The molecule has 15 heavy (non-hydrogen) atoms. The summed E-state index contributed by atoms with van der Waals surface area (Å²) in [6.45, 7) is 12.0. The van der Waals surface area contributed by atoms with Gasteiger partial charge in [-0.2, -0.15) is 0 Å². The zero-order valence-corrected chi connectivity index (χ0v) is 9.92. The van der Waals surface area contributed by atoms with Gasteiger partial charge in [0.2, 0.25) is 0 Å². The van der Waals surface area contributed by atoms with E-state index in [0.717, 1.165) is 5.56 Å². The van der Waals surface area contributed by atoms with Gasteiger partial charge in [0.05, 0.1) is 11.9 Å². The zero-order valence-electron chi connectivity index (χ0n) is 9.92. The Kier molecular flexibility index (Phi) is 3.08. The van der Waals surface area contributed by atoms with Crippen LogP contribution in [0.15, 0.2) is 25.0 Å². The molecule has 0 aliphatic rings. The Bertz CT molecular complexity index is 375. The summed E-state index contributed by atoms with van der Waals surface area (Å²) in [7, 11) is 0. The molecule has 0 unspecified atom stereocenters. The second-order valence-corrected chi connectivity index (χ2v) is 4.74. The lowest BCUT2D eigenvalue weighted by molar-refractivity contribution is 0.481. The van der Waals surface area contributed by atoms with Gasteiger partial charge in [0.1, 0.15) is 5.75 Å². The molecule has 0 saturated heterocycles. The van der Waals surface area contributed by atoms with Gasteiger partial charge < -0.3 is 10.5 Å². The molecule has 0 aliphatic carbocycles. The van der Waals surface area contributed by atoms with Gasteiger partial charge in [-0.3, -0.25) is 0 Å². The molecule has 0 spiro atoms. The highest BCUT2D eigenvalue weighted by Gasteiger charge is 2.16. The molecule has 0 amide bonds. The molecule has 0 atom stereocenters. The second-order valence-electron chi connectivity index (χ2n) is 4.74. The number of anilines is 1. The number of aryl methyl sites for hydroxylation is 1. The summed E-state index contributed by atoms with van der Waals surface area (Å²) in [4.78, 5) is 0. The van der Waals surface area contributed by atoms with Crippen molar-refractivity contribution in [3.05, 3.63) is 36.1 Å². The summed E-state index contributed by atoms with van der Waals surface area (Å²) in [6, 6.07) is 4.08. The van der Waals surface area contributed by atoms with Crippen LogP contribution in [-0.4, -0.2) is 0 Å². The van der Waals surface area contributed by atoms with Crippen LogP contribution in [0.3, 0.4) is 0 Å². The first-order chi connectivity index (χ1) is 6.86. The Morgan fingerprint density at radius 1 is 1.33 bits per heavy atom. The molecule has 2 nitrogen and oxygen atoms in total. The largest absolute Gasteiger partial charge is 0.463 e. The van der Waals surface area contributed by atoms with Gasteiger partial charge >= 0.3 is 0 Å². The van der Waals surface area contributed by atoms with Gasteiger partial charge in [0.15, 0.2) is 0 Å². The summed E-state index contributed by atoms with van der Waals surface area (Å²) in [5, 5.41) is 0. The van der Waals surface area contributed by atoms with Gasteiger partial charge in [-0.15, -0.1) is 0 Å². The summed E-state index contributed by atoms with van der Waals surface area (Å²) < 4.78 is 5.29. The number of ether oxygens (including phenoxy) is 1. The van der Waals surface area contributed by atoms with Gasteiger partial charge in [-0.1, -0.05) is 33.4 Å². The lowest BCUT2D eigenvalue weighted by Crippen LogP contribution is -2.12. The maximum atomic E-state index is 5.91. The third-order valence-corrected chi connectivity index (χ3v) is 2.43. The smallest absolute Gasteiger partial charge is 0.149 e. The second kappa shape index (κ2) is 3.97. The van der Waals surface area contributed by atoms with Crippen LogP contribution >= 0.6 is 0 Å². The Morgan fingerprint density at radius 3 is 2.40 bits per heavy atom. The van der Waals surface area contributed by atoms with Crippen molar-refractivity contribution in [3.8, 4) is 5.75 Å². The molecule has 1 aromatic carbocycles. The van der Waals surface area contributed by atoms with Crippen molar-refractivity contribution in [2.45, 2.75) is 33.1 Å². The normalized spacial score (nSPS) is 11.2. The SMILES string of the molecule is C=COc1cc(C(C)(C)C)cc(C)c1N. The Hall–Kier alpha value is -1.44. The molecule has 0 saturated carbocycles. The fourth-order valence-corrected chi connectivity index (χ4v) is 1.39. The summed E-state index contributed by atoms with van der Waals surface area (Å²) in [5.41, 5.74) is 8.94. The number of hydrogen-bond donors (Lipinski definition) is 1. The van der Waals surface area contributed by atoms with E-state index in [1.807, 2.05) is 13.0 Å². The number of nitrogen functional groups attached to an aromatic ring is 1. The maximum absolute atomic E-state index is 5.91. The van der Waals surface area contributed by atoms with Crippen LogP contribution < -0.4 is 10.5 Å². The number of hydrogen-bond acceptors (Lipinski definition) is 2. The van der Waals surface area contributed by atoms with Crippen LogP contribution in [-0.2, 0) is 5.41 Å².